The molecule has 2 unspecified atom stereocenters. The first-order chi connectivity index (χ1) is 8.16. The fourth-order valence-corrected chi connectivity index (χ4v) is 3.08. The maximum Gasteiger partial charge on any atom is 0.123 e. The Morgan fingerprint density at radius 3 is 2.82 bits per heavy atom. The summed E-state index contributed by atoms with van der Waals surface area (Å²) in [5.41, 5.74) is 2.31. The SMILES string of the molecule is Cc1ccc(F)cc1CC1CCCCCC1Cl. The van der Waals surface area contributed by atoms with Crippen molar-refractivity contribution >= 4 is 11.6 Å². The first kappa shape index (κ1) is 12.9. The molecule has 1 aliphatic carbocycles. The van der Waals surface area contributed by atoms with Gasteiger partial charge in [-0.1, -0.05) is 25.3 Å². The highest BCUT2D eigenvalue weighted by Gasteiger charge is 2.22. The minimum Gasteiger partial charge on any atom is -0.207 e. The average Bonchev–Trinajstić information content (AvgIpc) is 2.50. The maximum atomic E-state index is 13.2. The van der Waals surface area contributed by atoms with Gasteiger partial charge in [0.15, 0.2) is 0 Å². The van der Waals surface area contributed by atoms with E-state index >= 15 is 0 Å². The van der Waals surface area contributed by atoms with Crippen molar-refractivity contribution in [1.29, 1.82) is 0 Å². The lowest BCUT2D eigenvalue weighted by Crippen LogP contribution is -2.16. The molecule has 0 bridgehead atoms. The Morgan fingerprint density at radius 1 is 1.24 bits per heavy atom. The summed E-state index contributed by atoms with van der Waals surface area (Å²) in [5.74, 6) is 0.380. The van der Waals surface area contributed by atoms with Gasteiger partial charge in [0, 0.05) is 5.38 Å². The first-order valence-electron chi connectivity index (χ1n) is 6.56. The van der Waals surface area contributed by atoms with Gasteiger partial charge in [-0.25, -0.2) is 4.39 Å². The van der Waals surface area contributed by atoms with Crippen molar-refractivity contribution in [2.24, 2.45) is 5.92 Å². The molecule has 0 amide bonds. The summed E-state index contributed by atoms with van der Waals surface area (Å²) in [6.07, 6.45) is 7.03. The maximum absolute atomic E-state index is 13.2. The van der Waals surface area contributed by atoms with E-state index < -0.39 is 0 Å². The van der Waals surface area contributed by atoms with Crippen LogP contribution in [0.3, 0.4) is 0 Å². The minimum atomic E-state index is -0.134. The third-order valence-corrected chi connectivity index (χ3v) is 4.43. The number of benzene rings is 1. The van der Waals surface area contributed by atoms with Crippen LogP contribution in [0.15, 0.2) is 18.2 Å². The Bertz CT molecular complexity index is 375. The van der Waals surface area contributed by atoms with E-state index in [4.69, 9.17) is 11.6 Å². The average molecular weight is 255 g/mol. The van der Waals surface area contributed by atoms with Crippen molar-refractivity contribution in [3.8, 4) is 0 Å². The Kier molecular flexibility index (Phi) is 4.44. The predicted octanol–water partition coefficient (Wildman–Crippen LogP) is 4.86. The zero-order chi connectivity index (χ0) is 12.3. The van der Waals surface area contributed by atoms with Crippen LogP contribution in [0.25, 0.3) is 0 Å². The molecule has 0 aliphatic heterocycles. The van der Waals surface area contributed by atoms with E-state index in [2.05, 4.69) is 6.92 Å². The molecule has 1 saturated carbocycles. The van der Waals surface area contributed by atoms with E-state index in [0.717, 1.165) is 18.4 Å². The summed E-state index contributed by atoms with van der Waals surface area (Å²) in [5, 5.41) is 0.264. The molecule has 2 atom stereocenters. The lowest BCUT2D eigenvalue weighted by molar-refractivity contribution is 0.463. The van der Waals surface area contributed by atoms with E-state index in [0.29, 0.717) is 5.92 Å². The van der Waals surface area contributed by atoms with Gasteiger partial charge in [-0.2, -0.15) is 0 Å². The number of halogens is 2. The first-order valence-corrected chi connectivity index (χ1v) is 6.99. The number of hydrogen-bond acceptors (Lipinski definition) is 0. The summed E-state index contributed by atoms with van der Waals surface area (Å²) < 4.78 is 13.2. The van der Waals surface area contributed by atoms with Crippen LogP contribution in [0, 0.1) is 18.7 Å². The highest BCUT2D eigenvalue weighted by atomic mass is 35.5. The van der Waals surface area contributed by atoms with Crippen LogP contribution in [0.5, 0.6) is 0 Å². The smallest absolute Gasteiger partial charge is 0.123 e. The second-order valence-electron chi connectivity index (χ2n) is 5.19. The molecule has 0 N–H and O–H groups in total. The molecule has 1 fully saturated rings. The summed E-state index contributed by atoms with van der Waals surface area (Å²) in [7, 11) is 0. The lowest BCUT2D eigenvalue weighted by Gasteiger charge is -2.20. The molecule has 2 rings (SSSR count). The highest BCUT2D eigenvalue weighted by molar-refractivity contribution is 6.20. The summed E-state index contributed by atoms with van der Waals surface area (Å²) in [6, 6.07) is 5.07. The number of alkyl halides is 1. The zero-order valence-corrected chi connectivity index (χ0v) is 11.1. The predicted molar refractivity (Wildman–Crippen MR) is 71.1 cm³/mol. The third-order valence-electron chi connectivity index (χ3n) is 3.86. The normalized spacial score (nSPS) is 25.6. The lowest BCUT2D eigenvalue weighted by atomic mass is 9.90. The molecule has 0 saturated heterocycles. The monoisotopic (exact) mass is 254 g/mol. The van der Waals surface area contributed by atoms with E-state index in [-0.39, 0.29) is 11.2 Å². The molecular weight excluding hydrogens is 235 g/mol. The molecule has 0 spiro atoms. The molecule has 94 valence electrons. The van der Waals surface area contributed by atoms with Gasteiger partial charge in [0.1, 0.15) is 5.82 Å². The van der Waals surface area contributed by atoms with Gasteiger partial charge in [0.25, 0.3) is 0 Å². The summed E-state index contributed by atoms with van der Waals surface area (Å²) in [4.78, 5) is 0. The molecule has 0 heterocycles. The Hall–Kier alpha value is -0.560. The van der Waals surface area contributed by atoms with Gasteiger partial charge in [0.05, 0.1) is 0 Å². The van der Waals surface area contributed by atoms with E-state index in [1.54, 1.807) is 6.07 Å². The number of rotatable bonds is 2. The molecule has 0 aromatic heterocycles. The topological polar surface area (TPSA) is 0 Å². The van der Waals surface area contributed by atoms with Crippen molar-refractivity contribution in [1.82, 2.24) is 0 Å². The molecule has 0 nitrogen and oxygen atoms in total. The summed E-state index contributed by atoms with van der Waals surface area (Å²) in [6.45, 7) is 2.05. The third kappa shape index (κ3) is 3.45. The van der Waals surface area contributed by atoms with Crippen LogP contribution in [0.4, 0.5) is 4.39 Å². The van der Waals surface area contributed by atoms with Crippen LogP contribution >= 0.6 is 11.6 Å². The van der Waals surface area contributed by atoms with E-state index in [1.807, 2.05) is 6.07 Å². The molecular formula is C15H20ClF. The van der Waals surface area contributed by atoms with Crippen molar-refractivity contribution in [2.75, 3.05) is 0 Å². The van der Waals surface area contributed by atoms with Crippen molar-refractivity contribution in [2.45, 2.75) is 50.8 Å². The molecule has 1 aromatic rings. The van der Waals surface area contributed by atoms with Crippen molar-refractivity contribution in [3.05, 3.63) is 35.1 Å². The van der Waals surface area contributed by atoms with E-state index in [1.165, 1.54) is 37.3 Å². The summed E-state index contributed by atoms with van der Waals surface area (Å²) >= 11 is 6.44. The highest BCUT2D eigenvalue weighted by Crippen LogP contribution is 2.31. The Labute approximate surface area is 108 Å². The second kappa shape index (κ2) is 5.86. The molecule has 0 radical (unpaired) electrons. The van der Waals surface area contributed by atoms with E-state index in [9.17, 15) is 4.39 Å². The number of aryl methyl sites for hydroxylation is 1. The fourth-order valence-electron chi connectivity index (χ4n) is 2.71. The molecule has 1 aliphatic rings. The van der Waals surface area contributed by atoms with Gasteiger partial charge in [-0.15, -0.1) is 11.6 Å². The standard InChI is InChI=1S/C15H20ClF/c1-11-7-8-14(17)10-13(11)9-12-5-3-2-4-6-15(12)16/h7-8,10,12,15H,2-6,9H2,1H3. The van der Waals surface area contributed by atoms with Gasteiger partial charge in [-0.05, 0) is 55.4 Å². The van der Waals surface area contributed by atoms with Crippen LogP contribution in [-0.4, -0.2) is 5.38 Å². The molecule has 1 aromatic carbocycles. The zero-order valence-electron chi connectivity index (χ0n) is 10.4. The van der Waals surface area contributed by atoms with Gasteiger partial charge in [0.2, 0.25) is 0 Å². The van der Waals surface area contributed by atoms with Gasteiger partial charge < -0.3 is 0 Å². The Balaban J connectivity index is 2.10. The largest absolute Gasteiger partial charge is 0.207 e. The van der Waals surface area contributed by atoms with Gasteiger partial charge >= 0.3 is 0 Å². The van der Waals surface area contributed by atoms with Crippen molar-refractivity contribution < 1.29 is 4.39 Å². The van der Waals surface area contributed by atoms with Crippen LogP contribution in [0.2, 0.25) is 0 Å². The molecule has 2 heteroatoms. The molecule has 17 heavy (non-hydrogen) atoms. The second-order valence-corrected chi connectivity index (χ2v) is 5.75. The fraction of sp³-hybridized carbons (Fsp3) is 0.600. The number of hydrogen-bond donors (Lipinski definition) is 0. The van der Waals surface area contributed by atoms with Crippen LogP contribution < -0.4 is 0 Å². The van der Waals surface area contributed by atoms with Crippen molar-refractivity contribution in [3.63, 3.8) is 0 Å². The minimum absolute atomic E-state index is 0.134. The van der Waals surface area contributed by atoms with Crippen LogP contribution in [0.1, 0.15) is 43.2 Å². The quantitative estimate of drug-likeness (QED) is 0.522. The Morgan fingerprint density at radius 2 is 2.00 bits per heavy atom. The van der Waals surface area contributed by atoms with Crippen LogP contribution in [-0.2, 0) is 6.42 Å². The van der Waals surface area contributed by atoms with Gasteiger partial charge in [-0.3, -0.25) is 0 Å².